The van der Waals surface area contributed by atoms with Crippen molar-refractivity contribution >= 4 is 17.7 Å². The average molecular weight is 258 g/mol. The molecule has 92 valence electrons. The Bertz CT molecular complexity index is 555. The van der Waals surface area contributed by atoms with E-state index < -0.39 is 0 Å². The van der Waals surface area contributed by atoms with Crippen LogP contribution in [0.1, 0.15) is 15.9 Å². The molecule has 4 heteroatoms. The molecule has 0 saturated carbocycles. The Morgan fingerprint density at radius 1 is 1.22 bits per heavy atom. The first kappa shape index (κ1) is 12.6. The van der Waals surface area contributed by atoms with Gasteiger partial charge in [0.15, 0.2) is 0 Å². The Morgan fingerprint density at radius 2 is 1.94 bits per heavy atom. The number of rotatable bonds is 4. The number of pyridine rings is 1. The molecule has 0 aliphatic carbocycles. The van der Waals surface area contributed by atoms with E-state index in [2.05, 4.69) is 4.98 Å². The van der Waals surface area contributed by atoms with Gasteiger partial charge in [-0.15, -0.1) is 0 Å². The zero-order valence-corrected chi connectivity index (χ0v) is 10.9. The number of nitrogens with zero attached hydrogens (tertiary/aromatic N) is 1. The summed E-state index contributed by atoms with van der Waals surface area (Å²) in [5.41, 5.74) is 9.11. The van der Waals surface area contributed by atoms with Gasteiger partial charge in [0, 0.05) is 23.7 Å². The van der Waals surface area contributed by atoms with Gasteiger partial charge in [-0.25, -0.2) is 0 Å². The Labute approximate surface area is 110 Å². The molecule has 0 fully saturated rings. The molecule has 0 unspecified atom stereocenters. The molecule has 0 aliphatic rings. The molecule has 1 aromatic heterocycles. The SMILES string of the molecule is CSCc1cc(-c2ccncc2)ccc1C(N)=O. The van der Waals surface area contributed by atoms with Gasteiger partial charge in [0.1, 0.15) is 0 Å². The molecule has 3 nitrogen and oxygen atoms in total. The number of carbonyl (C=O) groups excluding carboxylic acids is 1. The Kier molecular flexibility index (Phi) is 3.99. The predicted molar refractivity (Wildman–Crippen MR) is 75.4 cm³/mol. The highest BCUT2D eigenvalue weighted by molar-refractivity contribution is 7.97. The van der Waals surface area contributed by atoms with Crippen LogP contribution in [0.4, 0.5) is 0 Å². The maximum Gasteiger partial charge on any atom is 0.249 e. The number of nitrogens with two attached hydrogens (primary N) is 1. The van der Waals surface area contributed by atoms with E-state index in [4.69, 9.17) is 5.73 Å². The molecule has 1 amide bonds. The summed E-state index contributed by atoms with van der Waals surface area (Å²) in [5.74, 6) is 0.400. The van der Waals surface area contributed by atoms with Gasteiger partial charge in [0.25, 0.3) is 0 Å². The monoisotopic (exact) mass is 258 g/mol. The summed E-state index contributed by atoms with van der Waals surface area (Å²) >= 11 is 1.67. The smallest absolute Gasteiger partial charge is 0.249 e. The summed E-state index contributed by atoms with van der Waals surface area (Å²) in [7, 11) is 0. The van der Waals surface area contributed by atoms with Crippen LogP contribution in [0.15, 0.2) is 42.7 Å². The summed E-state index contributed by atoms with van der Waals surface area (Å²) in [6, 6.07) is 9.62. The van der Waals surface area contributed by atoms with Crippen molar-refractivity contribution in [1.82, 2.24) is 4.98 Å². The van der Waals surface area contributed by atoms with E-state index in [1.165, 1.54) is 0 Å². The van der Waals surface area contributed by atoms with E-state index in [-0.39, 0.29) is 5.91 Å². The molecule has 0 spiro atoms. The van der Waals surface area contributed by atoms with E-state index in [0.717, 1.165) is 22.4 Å². The number of aromatic nitrogens is 1. The summed E-state index contributed by atoms with van der Waals surface area (Å²) in [4.78, 5) is 15.3. The number of amides is 1. The van der Waals surface area contributed by atoms with Gasteiger partial charge < -0.3 is 5.73 Å². The highest BCUT2D eigenvalue weighted by Gasteiger charge is 2.09. The van der Waals surface area contributed by atoms with Crippen molar-refractivity contribution in [3.8, 4) is 11.1 Å². The second-order valence-electron chi connectivity index (χ2n) is 3.91. The van der Waals surface area contributed by atoms with E-state index >= 15 is 0 Å². The number of thioether (sulfide) groups is 1. The molecular weight excluding hydrogens is 244 g/mol. The van der Waals surface area contributed by atoms with Crippen molar-refractivity contribution in [2.45, 2.75) is 5.75 Å². The highest BCUT2D eigenvalue weighted by Crippen LogP contribution is 2.24. The summed E-state index contributed by atoms with van der Waals surface area (Å²) < 4.78 is 0. The van der Waals surface area contributed by atoms with Gasteiger partial charge >= 0.3 is 0 Å². The third-order valence-electron chi connectivity index (χ3n) is 2.68. The molecule has 2 N–H and O–H groups in total. The third-order valence-corrected chi connectivity index (χ3v) is 3.28. The lowest BCUT2D eigenvalue weighted by molar-refractivity contribution is 0.0999. The minimum atomic E-state index is -0.375. The predicted octanol–water partition coefficient (Wildman–Crippen LogP) is 2.71. The number of primary amides is 1. The van der Waals surface area contributed by atoms with E-state index in [1.54, 1.807) is 30.2 Å². The standard InChI is InChI=1S/C14H14N2OS/c1-18-9-12-8-11(2-3-13(12)14(15)17)10-4-6-16-7-5-10/h2-8H,9H2,1H3,(H2,15,17). The van der Waals surface area contributed by atoms with Gasteiger partial charge in [-0.3, -0.25) is 9.78 Å². The van der Waals surface area contributed by atoms with Crippen LogP contribution in [0.25, 0.3) is 11.1 Å². The van der Waals surface area contributed by atoms with Gasteiger partial charge in [-0.2, -0.15) is 11.8 Å². The maximum absolute atomic E-state index is 11.3. The zero-order chi connectivity index (χ0) is 13.0. The van der Waals surface area contributed by atoms with Crippen LogP contribution in [0.2, 0.25) is 0 Å². The van der Waals surface area contributed by atoms with Crippen LogP contribution < -0.4 is 5.73 Å². The van der Waals surface area contributed by atoms with Gasteiger partial charge in [0.05, 0.1) is 0 Å². The Morgan fingerprint density at radius 3 is 2.56 bits per heavy atom. The molecule has 1 aromatic carbocycles. The zero-order valence-electron chi connectivity index (χ0n) is 10.1. The van der Waals surface area contributed by atoms with Gasteiger partial charge in [0.2, 0.25) is 5.91 Å². The van der Waals surface area contributed by atoms with E-state index in [0.29, 0.717) is 5.56 Å². The first-order chi connectivity index (χ1) is 8.72. The number of hydrogen-bond acceptors (Lipinski definition) is 3. The normalized spacial score (nSPS) is 10.3. The molecule has 0 aliphatic heterocycles. The van der Waals surface area contributed by atoms with Crippen molar-refractivity contribution in [2.75, 3.05) is 6.26 Å². The van der Waals surface area contributed by atoms with Crippen LogP contribution in [-0.4, -0.2) is 17.1 Å². The minimum absolute atomic E-state index is 0.375. The molecule has 2 aromatic rings. The maximum atomic E-state index is 11.3. The van der Waals surface area contributed by atoms with Crippen molar-refractivity contribution in [3.63, 3.8) is 0 Å². The summed E-state index contributed by atoms with van der Waals surface area (Å²) in [5, 5.41) is 0. The number of carbonyl (C=O) groups is 1. The molecule has 0 atom stereocenters. The molecule has 0 saturated heterocycles. The molecular formula is C14H14N2OS. The molecule has 0 radical (unpaired) electrons. The quantitative estimate of drug-likeness (QED) is 0.917. The van der Waals surface area contributed by atoms with Crippen LogP contribution in [0.5, 0.6) is 0 Å². The molecule has 0 bridgehead atoms. The lowest BCUT2D eigenvalue weighted by atomic mass is 10.0. The minimum Gasteiger partial charge on any atom is -0.366 e. The third kappa shape index (κ3) is 2.71. The van der Waals surface area contributed by atoms with Gasteiger partial charge in [-0.05, 0) is 47.2 Å². The molecule has 1 heterocycles. The fourth-order valence-electron chi connectivity index (χ4n) is 1.83. The van der Waals surface area contributed by atoms with Crippen molar-refractivity contribution < 1.29 is 4.79 Å². The van der Waals surface area contributed by atoms with Crippen LogP contribution in [-0.2, 0) is 5.75 Å². The Hall–Kier alpha value is -1.81. The Balaban J connectivity index is 2.46. The van der Waals surface area contributed by atoms with Crippen LogP contribution >= 0.6 is 11.8 Å². The first-order valence-corrected chi connectivity index (χ1v) is 6.94. The summed E-state index contributed by atoms with van der Waals surface area (Å²) in [6.45, 7) is 0. The molecule has 18 heavy (non-hydrogen) atoms. The fraction of sp³-hybridized carbons (Fsp3) is 0.143. The number of hydrogen-bond donors (Lipinski definition) is 1. The second kappa shape index (κ2) is 5.69. The first-order valence-electron chi connectivity index (χ1n) is 5.54. The van der Waals surface area contributed by atoms with Gasteiger partial charge in [-0.1, -0.05) is 6.07 Å². The van der Waals surface area contributed by atoms with E-state index in [9.17, 15) is 4.79 Å². The second-order valence-corrected chi connectivity index (χ2v) is 4.77. The lowest BCUT2D eigenvalue weighted by Crippen LogP contribution is -2.13. The van der Waals surface area contributed by atoms with Crippen LogP contribution in [0.3, 0.4) is 0 Å². The fourth-order valence-corrected chi connectivity index (χ4v) is 2.38. The van der Waals surface area contributed by atoms with Crippen LogP contribution in [0, 0.1) is 0 Å². The highest BCUT2D eigenvalue weighted by atomic mass is 32.2. The van der Waals surface area contributed by atoms with Crippen molar-refractivity contribution in [2.24, 2.45) is 5.73 Å². The largest absolute Gasteiger partial charge is 0.366 e. The van der Waals surface area contributed by atoms with Crippen molar-refractivity contribution in [3.05, 3.63) is 53.9 Å². The lowest BCUT2D eigenvalue weighted by Gasteiger charge is -2.08. The summed E-state index contributed by atoms with van der Waals surface area (Å²) in [6.07, 6.45) is 5.51. The van der Waals surface area contributed by atoms with Crippen molar-refractivity contribution in [1.29, 1.82) is 0 Å². The van der Waals surface area contributed by atoms with E-state index in [1.807, 2.05) is 30.5 Å². The topological polar surface area (TPSA) is 56.0 Å². The number of benzene rings is 1. The molecule has 2 rings (SSSR count). The average Bonchev–Trinajstić information content (AvgIpc) is 2.40.